The van der Waals surface area contributed by atoms with Gasteiger partial charge in [0.05, 0.1) is 18.8 Å². The predicted molar refractivity (Wildman–Crippen MR) is 89.3 cm³/mol. The zero-order chi connectivity index (χ0) is 16.8. The summed E-state index contributed by atoms with van der Waals surface area (Å²) in [5.41, 5.74) is 1.70. The summed E-state index contributed by atoms with van der Waals surface area (Å²) in [6, 6.07) is 5.05. The largest absolute Gasteiger partial charge is 0.755 e. The van der Waals surface area contributed by atoms with Crippen LogP contribution in [-0.4, -0.2) is 59.0 Å². The maximum absolute atomic E-state index is 12.8. The minimum atomic E-state index is -2.42. The molecule has 1 aliphatic rings. The molecule has 1 fully saturated rings. The third-order valence-corrected chi connectivity index (χ3v) is 4.23. The number of hydrogen-bond acceptors (Lipinski definition) is 5. The SMILES string of the molecule is CCN(CC)C(=O)c1cc(NS(=O)[O-])ccc1N1CCOCC1. The van der Waals surface area contributed by atoms with Crippen molar-refractivity contribution in [2.24, 2.45) is 0 Å². The Morgan fingerprint density at radius 2 is 2.00 bits per heavy atom. The summed E-state index contributed by atoms with van der Waals surface area (Å²) in [5, 5.41) is 0. The molecule has 0 aromatic heterocycles. The van der Waals surface area contributed by atoms with Crippen molar-refractivity contribution in [1.29, 1.82) is 0 Å². The molecular formula is C15H22N3O4S-. The van der Waals surface area contributed by atoms with Gasteiger partial charge >= 0.3 is 0 Å². The molecule has 0 spiro atoms. The quantitative estimate of drug-likeness (QED) is 0.787. The lowest BCUT2D eigenvalue weighted by Crippen LogP contribution is -2.38. The topological polar surface area (TPSA) is 84.9 Å². The standard InChI is InChI=1S/C15H23N3O4S/c1-3-17(4-2)15(19)13-11-12(16-23(20)21)5-6-14(13)18-7-9-22-10-8-18/h5-6,11,16H,3-4,7-10H2,1-2H3,(H,20,21)/p-1. The van der Waals surface area contributed by atoms with Crippen molar-refractivity contribution in [1.82, 2.24) is 4.90 Å². The van der Waals surface area contributed by atoms with Crippen molar-refractivity contribution >= 4 is 28.5 Å². The number of nitrogens with one attached hydrogen (secondary N) is 1. The second-order valence-corrected chi connectivity index (χ2v) is 5.82. The molecule has 1 aliphatic heterocycles. The van der Waals surface area contributed by atoms with Crippen molar-refractivity contribution in [3.8, 4) is 0 Å². The highest BCUT2D eigenvalue weighted by Gasteiger charge is 2.22. The number of rotatable bonds is 6. The predicted octanol–water partition coefficient (Wildman–Crippen LogP) is 1.21. The molecule has 1 N–H and O–H groups in total. The van der Waals surface area contributed by atoms with Crippen molar-refractivity contribution in [3.05, 3.63) is 23.8 Å². The average molecular weight is 340 g/mol. The van der Waals surface area contributed by atoms with E-state index in [1.165, 1.54) is 0 Å². The van der Waals surface area contributed by atoms with Crippen molar-refractivity contribution in [2.45, 2.75) is 13.8 Å². The van der Waals surface area contributed by atoms with Gasteiger partial charge in [0, 0.05) is 48.8 Å². The monoisotopic (exact) mass is 340 g/mol. The number of hydrogen-bond donors (Lipinski definition) is 1. The van der Waals surface area contributed by atoms with E-state index in [2.05, 4.69) is 9.62 Å². The fourth-order valence-corrected chi connectivity index (χ4v) is 2.95. The molecule has 1 aromatic rings. The second kappa shape index (κ2) is 8.28. The summed E-state index contributed by atoms with van der Waals surface area (Å²) in [5.74, 6) is -0.100. The number of amides is 1. The zero-order valence-electron chi connectivity index (χ0n) is 13.4. The number of ether oxygens (including phenoxy) is 1. The lowest BCUT2D eigenvalue weighted by atomic mass is 10.1. The Bertz CT molecular complexity index is 572. The summed E-state index contributed by atoms with van der Waals surface area (Å²) in [6.07, 6.45) is 0. The van der Waals surface area contributed by atoms with E-state index in [0.29, 0.717) is 50.6 Å². The molecule has 0 bridgehead atoms. The molecule has 8 heteroatoms. The van der Waals surface area contributed by atoms with E-state index in [9.17, 15) is 13.6 Å². The molecule has 23 heavy (non-hydrogen) atoms. The minimum Gasteiger partial charge on any atom is -0.755 e. The number of benzene rings is 1. The summed E-state index contributed by atoms with van der Waals surface area (Å²) < 4.78 is 29.4. The van der Waals surface area contributed by atoms with Crippen LogP contribution in [0.25, 0.3) is 0 Å². The van der Waals surface area contributed by atoms with Crippen LogP contribution >= 0.6 is 0 Å². The Morgan fingerprint density at radius 3 is 2.57 bits per heavy atom. The van der Waals surface area contributed by atoms with Crippen LogP contribution in [0.1, 0.15) is 24.2 Å². The van der Waals surface area contributed by atoms with E-state index < -0.39 is 11.3 Å². The summed E-state index contributed by atoms with van der Waals surface area (Å²) in [4.78, 5) is 16.6. The van der Waals surface area contributed by atoms with E-state index in [1.54, 1.807) is 23.1 Å². The first kappa shape index (κ1) is 17.7. The van der Waals surface area contributed by atoms with Gasteiger partial charge in [-0.05, 0) is 32.0 Å². The normalized spacial score (nSPS) is 16.0. The van der Waals surface area contributed by atoms with Crippen LogP contribution in [-0.2, 0) is 16.0 Å². The zero-order valence-corrected chi connectivity index (χ0v) is 14.2. The molecule has 128 valence electrons. The maximum atomic E-state index is 12.8. The number of nitrogens with zero attached hydrogens (tertiary/aromatic N) is 2. The molecule has 1 saturated heterocycles. The Morgan fingerprint density at radius 1 is 1.35 bits per heavy atom. The van der Waals surface area contributed by atoms with Crippen molar-refractivity contribution < 1.29 is 18.3 Å². The van der Waals surface area contributed by atoms with Crippen LogP contribution in [0.3, 0.4) is 0 Å². The van der Waals surface area contributed by atoms with Crippen LogP contribution in [0, 0.1) is 0 Å². The van der Waals surface area contributed by atoms with Crippen molar-refractivity contribution in [3.63, 3.8) is 0 Å². The molecule has 1 atom stereocenters. The van der Waals surface area contributed by atoms with E-state index in [4.69, 9.17) is 4.74 Å². The first-order chi connectivity index (χ1) is 11.1. The highest BCUT2D eigenvalue weighted by molar-refractivity contribution is 7.80. The van der Waals surface area contributed by atoms with Crippen LogP contribution in [0.4, 0.5) is 11.4 Å². The molecule has 2 rings (SSSR count). The number of morpholine rings is 1. The third-order valence-electron chi connectivity index (χ3n) is 3.83. The molecule has 0 aliphatic carbocycles. The Balaban J connectivity index is 2.39. The summed E-state index contributed by atoms with van der Waals surface area (Å²) in [6.45, 7) is 7.69. The van der Waals surface area contributed by atoms with Gasteiger partial charge in [-0.25, -0.2) is 0 Å². The fraction of sp³-hybridized carbons (Fsp3) is 0.533. The smallest absolute Gasteiger partial charge is 0.256 e. The van der Waals surface area contributed by atoms with E-state index in [1.807, 2.05) is 13.8 Å². The van der Waals surface area contributed by atoms with Gasteiger partial charge in [0.2, 0.25) is 0 Å². The minimum absolute atomic E-state index is 0.100. The highest BCUT2D eigenvalue weighted by atomic mass is 32.2. The Labute approximate surface area is 139 Å². The molecule has 7 nitrogen and oxygen atoms in total. The Hall–Kier alpha value is -1.64. The summed E-state index contributed by atoms with van der Waals surface area (Å²) in [7, 11) is 0. The van der Waals surface area contributed by atoms with E-state index in [0.717, 1.165) is 5.69 Å². The molecule has 0 saturated carbocycles. The third kappa shape index (κ3) is 4.43. The molecule has 1 heterocycles. The molecule has 1 unspecified atom stereocenters. The number of carbonyl (C=O) groups is 1. The van der Waals surface area contributed by atoms with E-state index in [-0.39, 0.29) is 5.91 Å². The van der Waals surface area contributed by atoms with Gasteiger partial charge in [0.1, 0.15) is 0 Å². The van der Waals surface area contributed by atoms with E-state index >= 15 is 0 Å². The van der Waals surface area contributed by atoms with Crippen molar-refractivity contribution in [2.75, 3.05) is 49.0 Å². The molecule has 1 amide bonds. The van der Waals surface area contributed by atoms with Gasteiger partial charge in [-0.2, -0.15) is 0 Å². The van der Waals surface area contributed by atoms with Gasteiger partial charge in [0.15, 0.2) is 0 Å². The maximum Gasteiger partial charge on any atom is 0.256 e. The highest BCUT2D eigenvalue weighted by Crippen LogP contribution is 2.27. The lowest BCUT2D eigenvalue weighted by molar-refractivity contribution is 0.0772. The van der Waals surface area contributed by atoms with Gasteiger partial charge in [-0.3, -0.25) is 9.00 Å². The molecule has 0 radical (unpaired) electrons. The number of carbonyl (C=O) groups excluding carboxylic acids is 1. The number of anilines is 2. The molecular weight excluding hydrogens is 318 g/mol. The summed E-state index contributed by atoms with van der Waals surface area (Å²) >= 11 is -2.42. The fourth-order valence-electron chi connectivity index (χ4n) is 2.63. The van der Waals surface area contributed by atoms with Crippen LogP contribution < -0.4 is 9.62 Å². The Kier molecular flexibility index (Phi) is 6.37. The van der Waals surface area contributed by atoms with Gasteiger partial charge < -0.3 is 23.8 Å². The van der Waals surface area contributed by atoms with Crippen LogP contribution in [0.5, 0.6) is 0 Å². The van der Waals surface area contributed by atoms with Gasteiger partial charge in [-0.15, -0.1) is 0 Å². The first-order valence-corrected chi connectivity index (χ1v) is 8.76. The van der Waals surface area contributed by atoms with Gasteiger partial charge in [-0.1, -0.05) is 0 Å². The van der Waals surface area contributed by atoms with Gasteiger partial charge in [0.25, 0.3) is 5.91 Å². The lowest BCUT2D eigenvalue weighted by Gasteiger charge is -2.31. The second-order valence-electron chi connectivity index (χ2n) is 5.15. The first-order valence-electron chi connectivity index (χ1n) is 7.68. The van der Waals surface area contributed by atoms with Crippen LogP contribution in [0.15, 0.2) is 18.2 Å². The van der Waals surface area contributed by atoms with Crippen LogP contribution in [0.2, 0.25) is 0 Å². The molecule has 1 aromatic carbocycles. The average Bonchev–Trinajstić information content (AvgIpc) is 2.56.